The van der Waals surface area contributed by atoms with E-state index in [1.807, 2.05) is 12.1 Å². The molecular formula is C24H17Cl2N5O4. The number of aromatic amines is 1. The molecule has 9 nitrogen and oxygen atoms in total. The first-order chi connectivity index (χ1) is 16.9. The molecular weight excluding hydrogens is 493 g/mol. The molecule has 0 aliphatic carbocycles. The fraction of sp³-hybridized carbons (Fsp3) is 0.125. The number of pyridine rings is 1. The molecule has 0 saturated carbocycles. The molecule has 0 fully saturated rings. The summed E-state index contributed by atoms with van der Waals surface area (Å²) in [6.07, 6.45) is 5.09. The van der Waals surface area contributed by atoms with Crippen molar-refractivity contribution in [1.29, 1.82) is 0 Å². The number of carbonyl (C=O) groups excluding carboxylic acids is 1. The Morgan fingerprint density at radius 3 is 2.54 bits per heavy atom. The smallest absolute Gasteiger partial charge is 0.349 e. The number of aromatic nitrogens is 4. The van der Waals surface area contributed by atoms with Gasteiger partial charge in [-0.15, -0.1) is 0 Å². The van der Waals surface area contributed by atoms with Gasteiger partial charge < -0.3 is 9.64 Å². The lowest BCUT2D eigenvalue weighted by atomic mass is 9.98. The van der Waals surface area contributed by atoms with E-state index in [0.29, 0.717) is 30.8 Å². The molecule has 3 heterocycles. The van der Waals surface area contributed by atoms with Crippen LogP contribution in [0.15, 0.2) is 70.6 Å². The van der Waals surface area contributed by atoms with Crippen molar-refractivity contribution in [2.45, 2.75) is 13.0 Å². The van der Waals surface area contributed by atoms with Crippen molar-refractivity contribution < 1.29 is 9.53 Å². The van der Waals surface area contributed by atoms with Crippen LogP contribution in [0.1, 0.15) is 21.5 Å². The zero-order chi connectivity index (χ0) is 24.5. The van der Waals surface area contributed by atoms with Crippen molar-refractivity contribution in [3.05, 3.63) is 109 Å². The number of benzene rings is 2. The van der Waals surface area contributed by atoms with Gasteiger partial charge in [-0.05, 0) is 53.9 Å². The predicted molar refractivity (Wildman–Crippen MR) is 130 cm³/mol. The average Bonchev–Trinajstić information content (AvgIpc) is 2.84. The molecule has 35 heavy (non-hydrogen) atoms. The van der Waals surface area contributed by atoms with Gasteiger partial charge in [0.15, 0.2) is 5.75 Å². The normalized spacial score (nSPS) is 13.0. The highest BCUT2D eigenvalue weighted by atomic mass is 35.5. The fourth-order valence-corrected chi connectivity index (χ4v) is 4.41. The van der Waals surface area contributed by atoms with Crippen molar-refractivity contribution in [3.63, 3.8) is 0 Å². The Balaban J connectivity index is 1.37. The quantitative estimate of drug-likeness (QED) is 0.439. The van der Waals surface area contributed by atoms with Crippen molar-refractivity contribution in [1.82, 2.24) is 24.6 Å². The van der Waals surface area contributed by atoms with Crippen LogP contribution in [0, 0.1) is 0 Å². The lowest BCUT2D eigenvalue weighted by Gasteiger charge is -2.29. The summed E-state index contributed by atoms with van der Waals surface area (Å²) in [5, 5.41) is 4.08. The third-order valence-electron chi connectivity index (χ3n) is 5.50. The number of fused-ring (bicyclic) bond motifs is 1. The minimum Gasteiger partial charge on any atom is -0.454 e. The maximum atomic E-state index is 13.0. The maximum Gasteiger partial charge on any atom is 0.349 e. The van der Waals surface area contributed by atoms with Crippen LogP contribution in [-0.2, 0) is 13.0 Å². The topological polar surface area (TPSA) is 110 Å². The van der Waals surface area contributed by atoms with Crippen LogP contribution in [0.3, 0.4) is 0 Å². The highest BCUT2D eigenvalue weighted by molar-refractivity contribution is 6.37. The summed E-state index contributed by atoms with van der Waals surface area (Å²) in [6, 6.07) is 11.9. The minimum atomic E-state index is -0.727. The summed E-state index contributed by atoms with van der Waals surface area (Å²) in [5.41, 5.74) is 1.37. The first-order valence-corrected chi connectivity index (χ1v) is 11.3. The van der Waals surface area contributed by atoms with Gasteiger partial charge in [-0.3, -0.25) is 19.6 Å². The van der Waals surface area contributed by atoms with Crippen LogP contribution in [0.4, 0.5) is 0 Å². The molecule has 1 aliphatic rings. The summed E-state index contributed by atoms with van der Waals surface area (Å²) in [6.45, 7) is 1.07. The summed E-state index contributed by atoms with van der Waals surface area (Å²) >= 11 is 12.8. The Bertz CT molecular complexity index is 1530. The molecule has 11 heteroatoms. The molecule has 4 aromatic rings. The molecule has 0 atom stereocenters. The number of rotatable bonds is 5. The summed E-state index contributed by atoms with van der Waals surface area (Å²) in [4.78, 5) is 44.3. The summed E-state index contributed by atoms with van der Waals surface area (Å²) in [7, 11) is 0. The van der Waals surface area contributed by atoms with Crippen molar-refractivity contribution in [3.8, 4) is 17.2 Å². The van der Waals surface area contributed by atoms with Crippen LogP contribution in [0.25, 0.3) is 5.69 Å². The number of halogens is 2. The van der Waals surface area contributed by atoms with Crippen LogP contribution in [0.2, 0.25) is 10.0 Å². The summed E-state index contributed by atoms with van der Waals surface area (Å²) in [5.74, 6) is 0.601. The second kappa shape index (κ2) is 9.36. The first kappa shape index (κ1) is 22.8. The van der Waals surface area contributed by atoms with Crippen molar-refractivity contribution >= 4 is 29.1 Å². The largest absolute Gasteiger partial charge is 0.454 e. The molecule has 1 N–H and O–H groups in total. The highest BCUT2D eigenvalue weighted by Gasteiger charge is 2.25. The van der Waals surface area contributed by atoms with Gasteiger partial charge in [0.25, 0.3) is 11.5 Å². The van der Waals surface area contributed by atoms with Crippen LogP contribution in [0.5, 0.6) is 11.5 Å². The van der Waals surface area contributed by atoms with E-state index in [2.05, 4.69) is 15.1 Å². The van der Waals surface area contributed by atoms with Crippen LogP contribution < -0.4 is 16.0 Å². The molecule has 5 rings (SSSR count). The number of amides is 1. The zero-order valence-electron chi connectivity index (χ0n) is 18.1. The molecule has 0 unspecified atom stereocenters. The molecule has 0 saturated heterocycles. The average molecular weight is 510 g/mol. The van der Waals surface area contributed by atoms with Crippen LogP contribution in [-0.4, -0.2) is 37.1 Å². The molecule has 0 spiro atoms. The predicted octanol–water partition coefficient (Wildman–Crippen LogP) is 3.61. The van der Waals surface area contributed by atoms with Gasteiger partial charge in [-0.2, -0.15) is 9.78 Å². The van der Waals surface area contributed by atoms with E-state index in [-0.39, 0.29) is 27.4 Å². The van der Waals surface area contributed by atoms with E-state index in [4.69, 9.17) is 27.9 Å². The second-order valence-corrected chi connectivity index (χ2v) is 8.66. The molecule has 176 valence electrons. The third-order valence-corrected chi connectivity index (χ3v) is 6.06. The number of H-pyrrole nitrogens is 1. The first-order valence-electron chi connectivity index (χ1n) is 10.6. The van der Waals surface area contributed by atoms with E-state index in [1.165, 1.54) is 12.1 Å². The van der Waals surface area contributed by atoms with Gasteiger partial charge in [-0.1, -0.05) is 29.3 Å². The van der Waals surface area contributed by atoms with E-state index in [1.54, 1.807) is 35.5 Å². The highest BCUT2D eigenvalue weighted by Crippen LogP contribution is 2.38. The van der Waals surface area contributed by atoms with Gasteiger partial charge in [0, 0.05) is 31.0 Å². The Kier molecular flexibility index (Phi) is 6.10. The van der Waals surface area contributed by atoms with Gasteiger partial charge in [0.2, 0.25) is 0 Å². The van der Waals surface area contributed by atoms with Crippen molar-refractivity contribution in [2.24, 2.45) is 0 Å². The van der Waals surface area contributed by atoms with Gasteiger partial charge in [0.05, 0.1) is 15.7 Å². The summed E-state index contributed by atoms with van der Waals surface area (Å²) < 4.78 is 6.90. The molecule has 2 aromatic heterocycles. The zero-order valence-corrected chi connectivity index (χ0v) is 19.6. The monoisotopic (exact) mass is 509 g/mol. The number of nitrogens with zero attached hydrogens (tertiary/aromatic N) is 4. The molecule has 1 amide bonds. The maximum absolute atomic E-state index is 13.0. The third kappa shape index (κ3) is 4.68. The van der Waals surface area contributed by atoms with E-state index in [9.17, 15) is 14.4 Å². The Morgan fingerprint density at radius 1 is 1.03 bits per heavy atom. The lowest BCUT2D eigenvalue weighted by Crippen LogP contribution is -2.37. The van der Waals surface area contributed by atoms with Crippen LogP contribution >= 0.6 is 23.2 Å². The second-order valence-electron chi connectivity index (χ2n) is 7.85. The number of nitrogens with one attached hydrogen (secondary N) is 1. The van der Waals surface area contributed by atoms with Gasteiger partial charge in [-0.25, -0.2) is 4.79 Å². The number of ether oxygens (including phenoxy) is 1. The Hall–Kier alpha value is -3.95. The Labute approximate surface area is 208 Å². The van der Waals surface area contributed by atoms with E-state index >= 15 is 0 Å². The fourth-order valence-electron chi connectivity index (χ4n) is 3.86. The molecule has 0 bridgehead atoms. The number of hydrogen-bond donors (Lipinski definition) is 1. The van der Waals surface area contributed by atoms with E-state index < -0.39 is 11.2 Å². The van der Waals surface area contributed by atoms with Gasteiger partial charge in [0.1, 0.15) is 11.9 Å². The SMILES string of the molecule is O=C1c2ccc(Oc3c(Cl)cc(-n4ncc(=O)[nH]c4=O)cc3Cl)cc2CCN1Cc1cccnc1. The standard InChI is InChI=1S/C24H17Cl2N5O4/c25-19-9-16(31-24(34)29-21(32)12-28-31)10-20(26)22(19)35-17-3-4-18-15(8-17)5-7-30(23(18)33)13-14-2-1-6-27-11-14/h1-4,6,8-12H,5,7,13H2,(H,29,32,34). The van der Waals surface area contributed by atoms with Crippen molar-refractivity contribution in [2.75, 3.05) is 6.54 Å². The molecule has 0 radical (unpaired) electrons. The number of carbonyl (C=O) groups is 1. The molecule has 2 aromatic carbocycles. The lowest BCUT2D eigenvalue weighted by molar-refractivity contribution is 0.0727. The molecule has 1 aliphatic heterocycles. The van der Waals surface area contributed by atoms with Gasteiger partial charge >= 0.3 is 5.69 Å². The number of hydrogen-bond acceptors (Lipinski definition) is 6. The minimum absolute atomic E-state index is 0.0547. The van der Waals surface area contributed by atoms with E-state index in [0.717, 1.165) is 22.0 Å². The Morgan fingerprint density at radius 2 is 1.83 bits per heavy atom.